The minimum absolute atomic E-state index is 0.0612. The first-order valence-electron chi connectivity index (χ1n) is 12.0. The molecule has 3 aliphatic heterocycles. The summed E-state index contributed by atoms with van der Waals surface area (Å²) in [6.45, 7) is 5.11. The van der Waals surface area contributed by atoms with Gasteiger partial charge in [-0.3, -0.25) is 10.2 Å². The minimum atomic E-state index is -0.410. The monoisotopic (exact) mass is 499 g/mol. The zero-order chi connectivity index (χ0) is 24.8. The molecule has 6 rings (SSSR count). The number of carbonyl (C=O) groups excluding carboxylic acids is 1. The lowest BCUT2D eigenvalue weighted by Gasteiger charge is -2.20. The number of hydrogen-bond acceptors (Lipinski definition) is 6. The van der Waals surface area contributed by atoms with Crippen LogP contribution in [-0.4, -0.2) is 38.3 Å². The molecule has 0 saturated carbocycles. The van der Waals surface area contributed by atoms with Gasteiger partial charge in [-0.25, -0.2) is 0 Å². The Labute approximate surface area is 212 Å². The number of rotatable bonds is 6. The third kappa shape index (κ3) is 3.80. The van der Waals surface area contributed by atoms with Crippen LogP contribution in [0.15, 0.2) is 64.3 Å². The van der Waals surface area contributed by atoms with Gasteiger partial charge in [0.2, 0.25) is 12.0 Å². The molecule has 0 atom stereocenters. The van der Waals surface area contributed by atoms with Gasteiger partial charge in [0.15, 0.2) is 17.3 Å². The van der Waals surface area contributed by atoms with Crippen LogP contribution in [0.5, 0.6) is 11.5 Å². The summed E-state index contributed by atoms with van der Waals surface area (Å²) in [7, 11) is 0. The average Bonchev–Trinajstić information content (AvgIpc) is 3.60. The molecule has 3 aromatic rings. The zero-order valence-corrected chi connectivity index (χ0v) is 20.8. The van der Waals surface area contributed by atoms with Gasteiger partial charge in [-0.2, -0.15) is 15.1 Å². The maximum atomic E-state index is 13.0. The van der Waals surface area contributed by atoms with Gasteiger partial charge >= 0.3 is 0 Å². The fourth-order valence-electron chi connectivity index (χ4n) is 4.72. The molecule has 182 valence electrons. The van der Waals surface area contributed by atoms with E-state index >= 15 is 0 Å². The van der Waals surface area contributed by atoms with E-state index in [-0.39, 0.29) is 18.2 Å². The number of ether oxygens (including phenoxy) is 2. The number of aliphatic imine (C=N–C) groups is 1. The summed E-state index contributed by atoms with van der Waals surface area (Å²) in [5.41, 5.74) is 3.20. The number of thioether (sulfide) groups is 1. The zero-order valence-electron chi connectivity index (χ0n) is 20.0. The molecule has 1 aromatic heterocycles. The predicted octanol–water partition coefficient (Wildman–Crippen LogP) is 5.47. The fourth-order valence-corrected chi connectivity index (χ4v) is 5.88. The molecule has 9 heteroatoms. The van der Waals surface area contributed by atoms with Gasteiger partial charge in [0.25, 0.3) is 5.91 Å². The summed E-state index contributed by atoms with van der Waals surface area (Å²) in [4.78, 5) is 17.3. The fraction of sp³-hybridized carbons (Fsp3) is 0.259. The Morgan fingerprint density at radius 3 is 2.78 bits per heavy atom. The molecule has 0 fully saturated rings. The van der Waals surface area contributed by atoms with Crippen LogP contribution in [0.3, 0.4) is 0 Å². The minimum Gasteiger partial charge on any atom is -0.454 e. The lowest BCUT2D eigenvalue weighted by atomic mass is 10.1. The van der Waals surface area contributed by atoms with Crippen LogP contribution in [0, 0.1) is 11.3 Å². The van der Waals surface area contributed by atoms with E-state index in [1.807, 2.05) is 42.6 Å². The molecule has 1 N–H and O–H groups in total. The number of nitrogens with one attached hydrogen (secondary N) is 1. The van der Waals surface area contributed by atoms with Crippen molar-refractivity contribution in [1.29, 1.82) is 5.41 Å². The Bertz CT molecular complexity index is 1500. The number of para-hydroxylation sites is 1. The Balaban J connectivity index is 1.35. The van der Waals surface area contributed by atoms with Crippen molar-refractivity contribution in [2.75, 3.05) is 6.79 Å². The van der Waals surface area contributed by atoms with Crippen molar-refractivity contribution >= 4 is 50.7 Å². The molecule has 8 nitrogen and oxygen atoms in total. The van der Waals surface area contributed by atoms with Gasteiger partial charge in [-0.05, 0) is 54.4 Å². The number of hydrazone groups is 1. The molecule has 0 bridgehead atoms. The first-order chi connectivity index (χ1) is 17.6. The Morgan fingerprint density at radius 2 is 1.94 bits per heavy atom. The SMILES string of the molecule is CCC(CC)C1=NN2C(=N)/C(=C/c3cn(Cc4ccc5c(c4)OCO5)c4ccccc34)C(=O)N=C2S1. The van der Waals surface area contributed by atoms with Gasteiger partial charge in [-0.1, -0.05) is 38.1 Å². The molecule has 1 amide bonds. The van der Waals surface area contributed by atoms with Gasteiger partial charge in [0.1, 0.15) is 5.04 Å². The molecule has 0 spiro atoms. The normalized spacial score (nSPS) is 17.9. The highest BCUT2D eigenvalue weighted by Gasteiger charge is 2.37. The Morgan fingerprint density at radius 1 is 1.14 bits per heavy atom. The number of nitrogens with zero attached hydrogens (tertiary/aromatic N) is 4. The Kier molecular flexibility index (Phi) is 5.64. The summed E-state index contributed by atoms with van der Waals surface area (Å²) >= 11 is 1.40. The second-order valence-corrected chi connectivity index (χ2v) is 9.88. The number of amides is 1. The van der Waals surface area contributed by atoms with E-state index in [0.29, 0.717) is 17.6 Å². The molecule has 0 radical (unpaired) electrons. The molecule has 2 aromatic carbocycles. The highest BCUT2D eigenvalue weighted by atomic mass is 32.2. The summed E-state index contributed by atoms with van der Waals surface area (Å²) in [5.74, 6) is 1.45. The molecule has 0 saturated heterocycles. The smallest absolute Gasteiger partial charge is 0.283 e. The first kappa shape index (κ1) is 22.6. The lowest BCUT2D eigenvalue weighted by Crippen LogP contribution is -2.35. The van der Waals surface area contributed by atoms with E-state index in [1.54, 1.807) is 6.08 Å². The maximum Gasteiger partial charge on any atom is 0.283 e. The van der Waals surface area contributed by atoms with Crippen molar-refractivity contribution in [2.45, 2.75) is 33.2 Å². The summed E-state index contributed by atoms with van der Waals surface area (Å²) < 4.78 is 13.1. The number of amidine groups is 2. The van der Waals surface area contributed by atoms with Crippen LogP contribution in [0.25, 0.3) is 17.0 Å². The topological polar surface area (TPSA) is 92.3 Å². The van der Waals surface area contributed by atoms with Gasteiger partial charge < -0.3 is 14.0 Å². The van der Waals surface area contributed by atoms with Crippen molar-refractivity contribution < 1.29 is 14.3 Å². The van der Waals surface area contributed by atoms with E-state index in [1.165, 1.54) is 16.8 Å². The number of carbonyl (C=O) groups is 1. The van der Waals surface area contributed by atoms with Crippen LogP contribution >= 0.6 is 11.8 Å². The van der Waals surface area contributed by atoms with Crippen LogP contribution in [-0.2, 0) is 11.3 Å². The molecule has 36 heavy (non-hydrogen) atoms. The van der Waals surface area contributed by atoms with Gasteiger partial charge in [-0.15, -0.1) is 0 Å². The van der Waals surface area contributed by atoms with E-state index in [2.05, 4.69) is 34.6 Å². The van der Waals surface area contributed by atoms with Crippen molar-refractivity contribution in [2.24, 2.45) is 16.0 Å². The standard InChI is InChI=1S/C27H25N5O3S/c1-3-17(4-2)26-30-32-24(28)20(25(33)29-27(32)36-26)12-18-14-31(21-8-6-5-7-19(18)21)13-16-9-10-22-23(11-16)35-15-34-22/h5-12,14,17,28H,3-4,13,15H2,1-2H3/b20-12-,28-24?. The summed E-state index contributed by atoms with van der Waals surface area (Å²) in [6.07, 6.45) is 5.69. The highest BCUT2D eigenvalue weighted by Crippen LogP contribution is 2.35. The lowest BCUT2D eigenvalue weighted by molar-refractivity contribution is -0.114. The predicted molar refractivity (Wildman–Crippen MR) is 143 cm³/mol. The van der Waals surface area contributed by atoms with E-state index in [0.717, 1.165) is 51.4 Å². The second kappa shape index (κ2) is 8.98. The molecule has 0 unspecified atom stereocenters. The number of hydrogen-bond donors (Lipinski definition) is 1. The van der Waals surface area contributed by atoms with Crippen molar-refractivity contribution in [3.8, 4) is 11.5 Å². The van der Waals surface area contributed by atoms with Crippen LogP contribution in [0.2, 0.25) is 0 Å². The molecule has 4 heterocycles. The van der Waals surface area contributed by atoms with Crippen LogP contribution in [0.1, 0.15) is 37.8 Å². The second-order valence-electron chi connectivity index (χ2n) is 8.89. The van der Waals surface area contributed by atoms with Gasteiger partial charge in [0.05, 0.1) is 5.57 Å². The molecule has 3 aliphatic rings. The number of fused-ring (bicyclic) bond motifs is 3. The van der Waals surface area contributed by atoms with Crippen molar-refractivity contribution in [3.63, 3.8) is 0 Å². The van der Waals surface area contributed by atoms with E-state index in [4.69, 9.17) is 14.9 Å². The quantitative estimate of drug-likeness (QED) is 0.454. The third-order valence-corrected chi connectivity index (χ3v) is 7.79. The number of benzene rings is 2. The molecular weight excluding hydrogens is 474 g/mol. The number of aromatic nitrogens is 1. The maximum absolute atomic E-state index is 13.0. The largest absolute Gasteiger partial charge is 0.454 e. The van der Waals surface area contributed by atoms with E-state index in [9.17, 15) is 4.79 Å². The third-order valence-electron chi connectivity index (χ3n) is 6.71. The first-order valence-corrected chi connectivity index (χ1v) is 12.8. The van der Waals surface area contributed by atoms with Crippen LogP contribution < -0.4 is 9.47 Å². The summed E-state index contributed by atoms with van der Waals surface area (Å²) in [6, 6.07) is 14.0. The van der Waals surface area contributed by atoms with Gasteiger partial charge in [0, 0.05) is 35.1 Å². The van der Waals surface area contributed by atoms with Crippen LogP contribution in [0.4, 0.5) is 0 Å². The molecular formula is C27H25N5O3S. The van der Waals surface area contributed by atoms with Crippen molar-refractivity contribution in [3.05, 3.63) is 65.4 Å². The molecule has 0 aliphatic carbocycles. The highest BCUT2D eigenvalue weighted by molar-refractivity contribution is 8.27. The average molecular weight is 500 g/mol. The summed E-state index contributed by atoms with van der Waals surface area (Å²) in [5, 5.41) is 17.3. The van der Waals surface area contributed by atoms with E-state index < -0.39 is 5.91 Å². The van der Waals surface area contributed by atoms with Crippen molar-refractivity contribution in [1.82, 2.24) is 9.58 Å². The Hall–Kier alpha value is -3.85.